The summed E-state index contributed by atoms with van der Waals surface area (Å²) in [5.74, 6) is 0. The highest BCUT2D eigenvalue weighted by molar-refractivity contribution is 4.98. The van der Waals surface area contributed by atoms with Gasteiger partial charge in [0, 0.05) is 17.1 Å². The molecule has 0 aromatic heterocycles. The second kappa shape index (κ2) is 5.68. The number of hydrogen-bond acceptors (Lipinski definition) is 3. The molecule has 1 aliphatic rings. The highest BCUT2D eigenvalue weighted by atomic mass is 16.7. The number of rotatable bonds is 5. The van der Waals surface area contributed by atoms with E-state index >= 15 is 0 Å². The maximum atomic E-state index is 5.60. The van der Waals surface area contributed by atoms with Crippen molar-refractivity contribution in [1.82, 2.24) is 10.4 Å². The van der Waals surface area contributed by atoms with Crippen LogP contribution in [0.1, 0.15) is 60.3 Å². The maximum absolute atomic E-state index is 5.60. The van der Waals surface area contributed by atoms with Gasteiger partial charge in [0.05, 0.1) is 7.11 Å². The van der Waals surface area contributed by atoms with Gasteiger partial charge in [-0.25, -0.2) is 0 Å². The minimum Gasteiger partial charge on any atom is -0.314 e. The van der Waals surface area contributed by atoms with Gasteiger partial charge in [-0.3, -0.25) is 0 Å². The molecule has 0 spiro atoms. The van der Waals surface area contributed by atoms with Crippen molar-refractivity contribution in [3.05, 3.63) is 0 Å². The first-order valence-electron chi connectivity index (χ1n) is 6.91. The molecule has 0 aliphatic carbocycles. The lowest BCUT2D eigenvalue weighted by atomic mass is 9.79. The van der Waals surface area contributed by atoms with E-state index in [1.54, 1.807) is 7.11 Å². The molecule has 3 nitrogen and oxygen atoms in total. The van der Waals surface area contributed by atoms with Gasteiger partial charge < -0.3 is 10.2 Å². The molecule has 3 heteroatoms. The quantitative estimate of drug-likeness (QED) is 0.750. The van der Waals surface area contributed by atoms with E-state index in [2.05, 4.69) is 45.0 Å². The molecule has 1 aliphatic heterocycles. The van der Waals surface area contributed by atoms with Crippen LogP contribution in [-0.2, 0) is 4.84 Å². The minimum absolute atomic E-state index is 0.0976. The molecule has 1 rings (SSSR count). The number of unbranched alkanes of at least 4 members (excludes halogenated alkanes) is 1. The lowest BCUT2D eigenvalue weighted by Crippen LogP contribution is -2.63. The van der Waals surface area contributed by atoms with Crippen LogP contribution in [0.25, 0.3) is 0 Å². The fourth-order valence-electron chi connectivity index (χ4n) is 3.38. The summed E-state index contributed by atoms with van der Waals surface area (Å²) < 4.78 is 0. The van der Waals surface area contributed by atoms with Crippen LogP contribution in [0.5, 0.6) is 0 Å². The number of piperidine rings is 1. The predicted octanol–water partition coefficient (Wildman–Crippen LogP) is 2.96. The number of nitrogens with one attached hydrogen (secondary N) is 1. The number of nitrogens with zero attached hydrogens (tertiary/aromatic N) is 1. The van der Waals surface area contributed by atoms with E-state index in [0.29, 0.717) is 6.04 Å². The Morgan fingerprint density at radius 2 is 1.71 bits per heavy atom. The third kappa shape index (κ3) is 3.67. The third-order valence-corrected chi connectivity index (χ3v) is 3.74. The van der Waals surface area contributed by atoms with Gasteiger partial charge in [0.15, 0.2) is 0 Å². The zero-order valence-electron chi connectivity index (χ0n) is 12.5. The summed E-state index contributed by atoms with van der Waals surface area (Å²) >= 11 is 0. The average Bonchev–Trinajstić information content (AvgIpc) is 2.14. The lowest BCUT2D eigenvalue weighted by molar-refractivity contribution is -0.267. The zero-order valence-corrected chi connectivity index (χ0v) is 12.5. The molecule has 17 heavy (non-hydrogen) atoms. The molecule has 1 fully saturated rings. The van der Waals surface area contributed by atoms with Crippen molar-refractivity contribution < 1.29 is 4.84 Å². The Morgan fingerprint density at radius 3 is 2.12 bits per heavy atom. The van der Waals surface area contributed by atoms with E-state index in [9.17, 15) is 0 Å². The van der Waals surface area contributed by atoms with Crippen LogP contribution >= 0.6 is 0 Å². The smallest absolute Gasteiger partial charge is 0.0575 e. The van der Waals surface area contributed by atoms with Gasteiger partial charge in [-0.05, 0) is 53.5 Å². The van der Waals surface area contributed by atoms with Crippen molar-refractivity contribution in [3.8, 4) is 0 Å². The van der Waals surface area contributed by atoms with E-state index in [-0.39, 0.29) is 11.1 Å². The Morgan fingerprint density at radius 1 is 1.18 bits per heavy atom. The Hall–Kier alpha value is -0.120. The van der Waals surface area contributed by atoms with Gasteiger partial charge in [0.2, 0.25) is 0 Å². The predicted molar refractivity (Wildman–Crippen MR) is 72.9 cm³/mol. The molecule has 0 aromatic carbocycles. The standard InChI is InChI=1S/C14H30N2O/c1-7-8-9-15-12-10-13(2,3)16(17-6)14(4,5)11-12/h12,15H,7-11H2,1-6H3. The maximum Gasteiger partial charge on any atom is 0.0575 e. The van der Waals surface area contributed by atoms with Crippen molar-refractivity contribution in [3.63, 3.8) is 0 Å². The Bertz CT molecular complexity index is 220. The van der Waals surface area contributed by atoms with Gasteiger partial charge in [-0.15, -0.1) is 0 Å². The molecule has 1 N–H and O–H groups in total. The lowest BCUT2D eigenvalue weighted by Gasteiger charge is -2.53. The molecule has 1 heterocycles. The molecule has 102 valence electrons. The molecular weight excluding hydrogens is 212 g/mol. The van der Waals surface area contributed by atoms with Gasteiger partial charge in [-0.1, -0.05) is 13.3 Å². The third-order valence-electron chi connectivity index (χ3n) is 3.74. The first-order chi connectivity index (χ1) is 7.83. The summed E-state index contributed by atoms with van der Waals surface area (Å²) in [4.78, 5) is 5.60. The van der Waals surface area contributed by atoms with E-state index < -0.39 is 0 Å². The van der Waals surface area contributed by atoms with Gasteiger partial charge in [-0.2, -0.15) is 5.06 Å². The van der Waals surface area contributed by atoms with E-state index in [4.69, 9.17) is 4.84 Å². The fourth-order valence-corrected chi connectivity index (χ4v) is 3.38. The summed E-state index contributed by atoms with van der Waals surface area (Å²) in [7, 11) is 1.79. The molecule has 0 bridgehead atoms. The molecule has 1 saturated heterocycles. The topological polar surface area (TPSA) is 24.5 Å². The van der Waals surface area contributed by atoms with Crippen LogP contribution in [-0.4, -0.2) is 35.8 Å². The summed E-state index contributed by atoms with van der Waals surface area (Å²) in [6, 6.07) is 0.609. The summed E-state index contributed by atoms with van der Waals surface area (Å²) in [5.41, 5.74) is 0.195. The largest absolute Gasteiger partial charge is 0.314 e. The van der Waals surface area contributed by atoms with Crippen LogP contribution in [0, 0.1) is 0 Å². The molecular formula is C14H30N2O. The van der Waals surface area contributed by atoms with Crippen LogP contribution in [0.4, 0.5) is 0 Å². The Balaban J connectivity index is 2.63. The van der Waals surface area contributed by atoms with Crippen LogP contribution in [0.3, 0.4) is 0 Å². The molecule has 0 amide bonds. The van der Waals surface area contributed by atoms with Crippen molar-refractivity contribution in [1.29, 1.82) is 0 Å². The molecule has 0 saturated carbocycles. The first kappa shape index (κ1) is 14.9. The summed E-state index contributed by atoms with van der Waals surface area (Å²) in [6.07, 6.45) is 4.82. The van der Waals surface area contributed by atoms with E-state index in [1.165, 1.54) is 12.8 Å². The first-order valence-corrected chi connectivity index (χ1v) is 6.91. The van der Waals surface area contributed by atoms with Crippen molar-refractivity contribution in [2.75, 3.05) is 13.7 Å². The van der Waals surface area contributed by atoms with Crippen LogP contribution in [0.15, 0.2) is 0 Å². The average molecular weight is 242 g/mol. The van der Waals surface area contributed by atoms with E-state index in [1.807, 2.05) is 0 Å². The monoisotopic (exact) mass is 242 g/mol. The van der Waals surface area contributed by atoms with Crippen LogP contribution in [0.2, 0.25) is 0 Å². The van der Waals surface area contributed by atoms with Gasteiger partial charge >= 0.3 is 0 Å². The van der Waals surface area contributed by atoms with Crippen molar-refractivity contribution in [2.45, 2.75) is 77.4 Å². The molecule has 0 aromatic rings. The Kier molecular flexibility index (Phi) is 4.99. The Labute approximate surface area is 107 Å². The molecule has 0 atom stereocenters. The van der Waals surface area contributed by atoms with Crippen molar-refractivity contribution in [2.24, 2.45) is 0 Å². The van der Waals surface area contributed by atoms with Gasteiger partial charge in [0.25, 0.3) is 0 Å². The summed E-state index contributed by atoms with van der Waals surface area (Å²) in [5, 5.41) is 5.86. The van der Waals surface area contributed by atoms with Gasteiger partial charge in [0.1, 0.15) is 0 Å². The number of hydroxylamine groups is 2. The zero-order chi connectivity index (χ0) is 13.1. The minimum atomic E-state index is 0.0976. The highest BCUT2D eigenvalue weighted by Gasteiger charge is 2.45. The second-order valence-corrected chi connectivity index (χ2v) is 6.51. The van der Waals surface area contributed by atoms with E-state index in [0.717, 1.165) is 19.4 Å². The summed E-state index contributed by atoms with van der Waals surface area (Å²) in [6.45, 7) is 12.5. The number of hydrogen-bond donors (Lipinski definition) is 1. The second-order valence-electron chi connectivity index (χ2n) is 6.51. The molecule has 0 unspecified atom stereocenters. The molecule has 0 radical (unpaired) electrons. The van der Waals surface area contributed by atoms with Crippen molar-refractivity contribution >= 4 is 0 Å². The van der Waals surface area contributed by atoms with Crippen LogP contribution < -0.4 is 5.32 Å². The normalized spacial score (nSPS) is 25.1. The fraction of sp³-hybridized carbons (Fsp3) is 1.00. The highest BCUT2D eigenvalue weighted by Crippen LogP contribution is 2.38. The SMILES string of the molecule is CCCCNC1CC(C)(C)N(OC)C(C)(C)C1.